The number of oxime groups is 1. The maximum absolute atomic E-state index is 11.9. The predicted octanol–water partition coefficient (Wildman–Crippen LogP) is 3.04. The fourth-order valence-corrected chi connectivity index (χ4v) is 2.65. The molecule has 138 valence electrons. The maximum Gasteiger partial charge on any atom is 0.266 e. The molecule has 3 rings (SSSR count). The van der Waals surface area contributed by atoms with E-state index in [-0.39, 0.29) is 18.4 Å². The van der Waals surface area contributed by atoms with Gasteiger partial charge in [-0.05, 0) is 18.1 Å². The van der Waals surface area contributed by atoms with E-state index in [9.17, 15) is 4.79 Å². The van der Waals surface area contributed by atoms with Gasteiger partial charge in [0.25, 0.3) is 5.91 Å². The molecule has 3 N–H and O–H groups in total. The SMILES string of the molecule is Cc1cc(NC(=O)CO/N=C(/N)C(c2ccccc2)c2ccccc2)no1. The van der Waals surface area contributed by atoms with E-state index >= 15 is 0 Å². The number of nitrogens with two attached hydrogens (primary N) is 1. The normalized spacial score (nSPS) is 11.4. The van der Waals surface area contributed by atoms with Crippen LogP contribution in [0.15, 0.2) is 76.4 Å². The topological polar surface area (TPSA) is 103 Å². The Morgan fingerprint density at radius 3 is 2.26 bits per heavy atom. The summed E-state index contributed by atoms with van der Waals surface area (Å²) in [6.45, 7) is 1.44. The minimum absolute atomic E-state index is 0.262. The first-order chi connectivity index (χ1) is 13.1. The van der Waals surface area contributed by atoms with Gasteiger partial charge in [0.2, 0.25) is 0 Å². The minimum atomic E-state index is -0.407. The van der Waals surface area contributed by atoms with Crippen molar-refractivity contribution in [2.24, 2.45) is 10.9 Å². The Hall–Kier alpha value is -3.61. The zero-order chi connectivity index (χ0) is 19.1. The number of hydrogen-bond donors (Lipinski definition) is 2. The molecule has 2 aromatic carbocycles. The third-order valence-corrected chi connectivity index (χ3v) is 3.82. The van der Waals surface area contributed by atoms with Crippen molar-refractivity contribution in [2.45, 2.75) is 12.8 Å². The van der Waals surface area contributed by atoms with Crippen LogP contribution in [0.25, 0.3) is 0 Å². The molecule has 1 heterocycles. The molecule has 1 aromatic heterocycles. The molecule has 0 saturated carbocycles. The smallest absolute Gasteiger partial charge is 0.266 e. The quantitative estimate of drug-likeness (QED) is 0.381. The van der Waals surface area contributed by atoms with Crippen molar-refractivity contribution in [2.75, 3.05) is 11.9 Å². The molecule has 0 radical (unpaired) electrons. The second-order valence-corrected chi connectivity index (χ2v) is 5.91. The van der Waals surface area contributed by atoms with E-state index in [4.69, 9.17) is 15.1 Å². The lowest BCUT2D eigenvalue weighted by molar-refractivity contribution is -0.120. The molecule has 0 bridgehead atoms. The number of carbonyl (C=O) groups is 1. The Morgan fingerprint density at radius 1 is 1.15 bits per heavy atom. The Morgan fingerprint density at radius 2 is 1.74 bits per heavy atom. The summed E-state index contributed by atoms with van der Waals surface area (Å²) < 4.78 is 4.88. The van der Waals surface area contributed by atoms with Crippen LogP contribution in [0.4, 0.5) is 5.82 Å². The highest BCUT2D eigenvalue weighted by molar-refractivity contribution is 5.91. The highest BCUT2D eigenvalue weighted by atomic mass is 16.6. The molecule has 0 atom stereocenters. The second kappa shape index (κ2) is 8.66. The van der Waals surface area contributed by atoms with E-state index in [1.54, 1.807) is 13.0 Å². The molecule has 0 aliphatic carbocycles. The van der Waals surface area contributed by atoms with Gasteiger partial charge < -0.3 is 20.4 Å². The second-order valence-electron chi connectivity index (χ2n) is 5.91. The number of aromatic nitrogens is 1. The number of amides is 1. The van der Waals surface area contributed by atoms with Gasteiger partial charge in [-0.25, -0.2) is 0 Å². The first kappa shape index (κ1) is 18.2. The first-order valence-electron chi connectivity index (χ1n) is 8.42. The number of anilines is 1. The minimum Gasteiger partial charge on any atom is -0.384 e. The molecule has 0 saturated heterocycles. The summed E-state index contributed by atoms with van der Waals surface area (Å²) in [5, 5.41) is 10.2. The average molecular weight is 364 g/mol. The summed E-state index contributed by atoms with van der Waals surface area (Å²) in [6, 6.07) is 21.1. The monoisotopic (exact) mass is 364 g/mol. The van der Waals surface area contributed by atoms with Gasteiger partial charge in [0.15, 0.2) is 18.3 Å². The van der Waals surface area contributed by atoms with Gasteiger partial charge in [0.05, 0.1) is 5.92 Å². The molecule has 3 aromatic rings. The van der Waals surface area contributed by atoms with Crippen LogP contribution in [-0.2, 0) is 9.63 Å². The number of nitrogens with zero attached hydrogens (tertiary/aromatic N) is 2. The van der Waals surface area contributed by atoms with Crippen LogP contribution in [-0.4, -0.2) is 23.5 Å². The van der Waals surface area contributed by atoms with E-state index in [0.29, 0.717) is 11.6 Å². The molecule has 0 spiro atoms. The van der Waals surface area contributed by atoms with Crippen LogP contribution in [0, 0.1) is 6.92 Å². The van der Waals surface area contributed by atoms with Gasteiger partial charge >= 0.3 is 0 Å². The van der Waals surface area contributed by atoms with Crippen LogP contribution >= 0.6 is 0 Å². The van der Waals surface area contributed by atoms with Crippen LogP contribution in [0.5, 0.6) is 0 Å². The molecule has 0 fully saturated rings. The van der Waals surface area contributed by atoms with Crippen molar-refractivity contribution in [3.63, 3.8) is 0 Å². The molecular weight excluding hydrogens is 344 g/mol. The Bertz CT molecular complexity index is 868. The number of nitrogens with one attached hydrogen (secondary N) is 1. The molecule has 0 aliphatic rings. The first-order valence-corrected chi connectivity index (χ1v) is 8.42. The Kier molecular flexibility index (Phi) is 5.84. The van der Waals surface area contributed by atoms with E-state index < -0.39 is 5.91 Å². The number of amidine groups is 1. The Balaban J connectivity index is 1.68. The molecule has 7 heteroatoms. The van der Waals surface area contributed by atoms with E-state index in [1.807, 2.05) is 60.7 Å². The molecular formula is C20H20N4O3. The number of benzene rings is 2. The Labute approximate surface area is 156 Å². The number of aryl methyl sites for hydroxylation is 1. The molecule has 1 amide bonds. The fourth-order valence-electron chi connectivity index (χ4n) is 2.65. The van der Waals surface area contributed by atoms with Gasteiger partial charge in [-0.2, -0.15) is 0 Å². The lowest BCUT2D eigenvalue weighted by Crippen LogP contribution is -2.24. The molecule has 7 nitrogen and oxygen atoms in total. The lowest BCUT2D eigenvalue weighted by Gasteiger charge is -2.17. The van der Waals surface area contributed by atoms with Crippen molar-refractivity contribution in [1.29, 1.82) is 0 Å². The summed E-state index contributed by atoms with van der Waals surface area (Å²) in [7, 11) is 0. The number of hydrogen-bond acceptors (Lipinski definition) is 5. The van der Waals surface area contributed by atoms with Crippen molar-refractivity contribution < 1.29 is 14.2 Å². The highest BCUT2D eigenvalue weighted by Gasteiger charge is 2.19. The predicted molar refractivity (Wildman–Crippen MR) is 102 cm³/mol. The summed E-state index contributed by atoms with van der Waals surface area (Å²) in [4.78, 5) is 17.0. The van der Waals surface area contributed by atoms with Gasteiger partial charge in [-0.3, -0.25) is 4.79 Å². The van der Waals surface area contributed by atoms with Crippen LogP contribution in [0.3, 0.4) is 0 Å². The van der Waals surface area contributed by atoms with E-state index in [1.165, 1.54) is 0 Å². The summed E-state index contributed by atoms with van der Waals surface area (Å²) >= 11 is 0. The van der Waals surface area contributed by atoms with Crippen molar-refractivity contribution in [1.82, 2.24) is 5.16 Å². The van der Waals surface area contributed by atoms with Gasteiger partial charge in [0, 0.05) is 6.07 Å². The maximum atomic E-state index is 11.9. The lowest BCUT2D eigenvalue weighted by atomic mass is 9.90. The van der Waals surface area contributed by atoms with Gasteiger partial charge in [0.1, 0.15) is 5.76 Å². The standard InChI is InChI=1S/C20H20N4O3/c1-14-12-17(23-27-14)22-18(25)13-26-24-20(21)19(15-8-4-2-5-9-15)16-10-6-3-7-11-16/h2-12,19H,13H2,1H3,(H2,21,24)(H,22,23,25). The fraction of sp³-hybridized carbons (Fsp3) is 0.150. The van der Waals surface area contributed by atoms with Crippen molar-refractivity contribution in [3.8, 4) is 0 Å². The van der Waals surface area contributed by atoms with E-state index in [2.05, 4.69) is 15.6 Å². The van der Waals surface area contributed by atoms with Crippen molar-refractivity contribution >= 4 is 17.6 Å². The zero-order valence-corrected chi connectivity index (χ0v) is 14.8. The molecule has 27 heavy (non-hydrogen) atoms. The summed E-state index contributed by atoms with van der Waals surface area (Å²) in [5.41, 5.74) is 8.16. The summed E-state index contributed by atoms with van der Waals surface area (Å²) in [6.07, 6.45) is 0. The molecule has 0 unspecified atom stereocenters. The third-order valence-electron chi connectivity index (χ3n) is 3.82. The van der Waals surface area contributed by atoms with E-state index in [0.717, 1.165) is 11.1 Å². The van der Waals surface area contributed by atoms with Gasteiger partial charge in [-0.1, -0.05) is 71.0 Å². The van der Waals surface area contributed by atoms with Crippen LogP contribution in [0.1, 0.15) is 22.8 Å². The van der Waals surface area contributed by atoms with Crippen LogP contribution in [0.2, 0.25) is 0 Å². The average Bonchev–Trinajstić information content (AvgIpc) is 3.08. The highest BCUT2D eigenvalue weighted by Crippen LogP contribution is 2.24. The largest absolute Gasteiger partial charge is 0.384 e. The molecule has 0 aliphatic heterocycles. The number of rotatable bonds is 7. The van der Waals surface area contributed by atoms with Gasteiger partial charge in [-0.15, -0.1) is 0 Å². The zero-order valence-electron chi connectivity index (χ0n) is 14.8. The number of carbonyl (C=O) groups excluding carboxylic acids is 1. The third kappa shape index (κ3) is 4.94. The summed E-state index contributed by atoms with van der Waals surface area (Å²) in [5.74, 6) is 0.508. The van der Waals surface area contributed by atoms with Crippen LogP contribution < -0.4 is 11.1 Å². The van der Waals surface area contributed by atoms with Crippen molar-refractivity contribution in [3.05, 3.63) is 83.6 Å².